The van der Waals surface area contributed by atoms with Crippen molar-refractivity contribution in [3.05, 3.63) is 54.9 Å². The highest BCUT2D eigenvalue weighted by atomic mass is 32.2. The van der Waals surface area contributed by atoms with Gasteiger partial charge >= 0.3 is 0 Å². The summed E-state index contributed by atoms with van der Waals surface area (Å²) in [4.78, 5) is 15.6. The number of thioether (sulfide) groups is 1. The Balaban J connectivity index is 1.41. The lowest BCUT2D eigenvalue weighted by atomic mass is 10.2. The van der Waals surface area contributed by atoms with Crippen LogP contribution in [0.2, 0.25) is 0 Å². The van der Waals surface area contributed by atoms with Crippen molar-refractivity contribution in [3.63, 3.8) is 0 Å². The number of aromatic nitrogens is 4. The molecule has 2 aromatic carbocycles. The fourth-order valence-electron chi connectivity index (χ4n) is 2.71. The maximum absolute atomic E-state index is 12.6. The molecule has 7 nitrogen and oxygen atoms in total. The summed E-state index contributed by atoms with van der Waals surface area (Å²) >= 11 is 1.79. The molecule has 1 N–H and O–H groups in total. The molecule has 126 valence electrons. The van der Waals surface area contributed by atoms with E-state index in [9.17, 15) is 4.79 Å². The van der Waals surface area contributed by atoms with E-state index in [0.29, 0.717) is 0 Å². The van der Waals surface area contributed by atoms with E-state index in [4.69, 9.17) is 0 Å². The Morgan fingerprint density at radius 1 is 1.16 bits per heavy atom. The van der Waals surface area contributed by atoms with Crippen LogP contribution in [0.5, 0.6) is 0 Å². The van der Waals surface area contributed by atoms with E-state index in [-0.39, 0.29) is 12.5 Å². The minimum Gasteiger partial charge on any atom is -0.376 e. The molecule has 8 heteroatoms. The van der Waals surface area contributed by atoms with Crippen molar-refractivity contribution in [3.8, 4) is 5.69 Å². The number of anilines is 2. The van der Waals surface area contributed by atoms with Crippen molar-refractivity contribution in [1.82, 2.24) is 20.2 Å². The second-order valence-electron chi connectivity index (χ2n) is 5.52. The number of fused-ring (bicyclic) bond motifs is 1. The SMILES string of the molecule is O=C(CNc1ccc(-n2cnnn2)cc1)N1CCSc2ccccc21. The van der Waals surface area contributed by atoms with Gasteiger partial charge in [0, 0.05) is 22.9 Å². The third-order valence-corrected chi connectivity index (χ3v) is 5.00. The van der Waals surface area contributed by atoms with Crippen LogP contribution >= 0.6 is 11.8 Å². The van der Waals surface area contributed by atoms with Gasteiger partial charge in [-0.3, -0.25) is 4.79 Å². The maximum Gasteiger partial charge on any atom is 0.246 e. The predicted molar refractivity (Wildman–Crippen MR) is 97.2 cm³/mol. The molecule has 1 aromatic heterocycles. The first kappa shape index (κ1) is 15.6. The second kappa shape index (κ2) is 6.94. The lowest BCUT2D eigenvalue weighted by molar-refractivity contribution is -0.117. The number of nitrogens with zero attached hydrogens (tertiary/aromatic N) is 5. The van der Waals surface area contributed by atoms with E-state index in [0.717, 1.165) is 34.3 Å². The van der Waals surface area contributed by atoms with Crippen LogP contribution < -0.4 is 10.2 Å². The molecule has 1 aliphatic heterocycles. The van der Waals surface area contributed by atoms with Crippen molar-refractivity contribution < 1.29 is 4.79 Å². The first-order valence-corrected chi connectivity index (χ1v) is 8.89. The zero-order valence-corrected chi connectivity index (χ0v) is 14.2. The number of hydrogen-bond acceptors (Lipinski definition) is 6. The molecule has 0 bridgehead atoms. The molecule has 0 saturated heterocycles. The summed E-state index contributed by atoms with van der Waals surface area (Å²) < 4.78 is 1.58. The highest BCUT2D eigenvalue weighted by Crippen LogP contribution is 2.34. The number of hydrogen-bond donors (Lipinski definition) is 1. The molecule has 2 heterocycles. The van der Waals surface area contributed by atoms with Gasteiger partial charge in [-0.15, -0.1) is 16.9 Å². The Bertz CT molecular complexity index is 865. The zero-order valence-electron chi connectivity index (χ0n) is 13.4. The Morgan fingerprint density at radius 3 is 2.80 bits per heavy atom. The van der Waals surface area contributed by atoms with E-state index in [1.807, 2.05) is 47.4 Å². The average Bonchev–Trinajstić information content (AvgIpc) is 3.21. The van der Waals surface area contributed by atoms with Crippen molar-refractivity contribution in [2.45, 2.75) is 4.90 Å². The number of carbonyl (C=O) groups excluding carboxylic acids is 1. The summed E-state index contributed by atoms with van der Waals surface area (Å²) in [6.45, 7) is 0.990. The molecule has 0 radical (unpaired) electrons. The molecule has 3 aromatic rings. The number of benzene rings is 2. The van der Waals surface area contributed by atoms with Gasteiger partial charge in [0.2, 0.25) is 5.91 Å². The molecule has 1 aliphatic rings. The monoisotopic (exact) mass is 352 g/mol. The Morgan fingerprint density at radius 2 is 2.00 bits per heavy atom. The molecule has 0 unspecified atom stereocenters. The van der Waals surface area contributed by atoms with Crippen LogP contribution in [0.25, 0.3) is 5.69 Å². The zero-order chi connectivity index (χ0) is 17.1. The molecule has 0 saturated carbocycles. The van der Waals surface area contributed by atoms with Gasteiger partial charge in [-0.1, -0.05) is 12.1 Å². The van der Waals surface area contributed by atoms with Gasteiger partial charge in [-0.05, 0) is 46.8 Å². The fraction of sp³-hybridized carbons (Fsp3) is 0.176. The molecule has 0 fully saturated rings. The number of para-hydroxylation sites is 1. The molecule has 25 heavy (non-hydrogen) atoms. The van der Waals surface area contributed by atoms with E-state index in [1.54, 1.807) is 16.4 Å². The standard InChI is InChI=1S/C17H16N6OS/c24-17(22-9-10-25-16-4-2-1-3-15(16)22)11-18-13-5-7-14(8-6-13)23-12-19-20-21-23/h1-8,12,18H,9-11H2. The topological polar surface area (TPSA) is 75.9 Å². The largest absolute Gasteiger partial charge is 0.376 e. The van der Waals surface area contributed by atoms with Gasteiger partial charge in [0.1, 0.15) is 6.33 Å². The van der Waals surface area contributed by atoms with E-state index in [2.05, 4.69) is 26.9 Å². The first-order valence-electron chi connectivity index (χ1n) is 7.91. The highest BCUT2D eigenvalue weighted by molar-refractivity contribution is 7.99. The fourth-order valence-corrected chi connectivity index (χ4v) is 3.71. The van der Waals surface area contributed by atoms with E-state index in [1.165, 1.54) is 6.33 Å². The third kappa shape index (κ3) is 3.34. The maximum atomic E-state index is 12.6. The van der Waals surface area contributed by atoms with Gasteiger partial charge in [-0.2, -0.15) is 0 Å². The van der Waals surface area contributed by atoms with Crippen molar-refractivity contribution in [2.24, 2.45) is 0 Å². The molecule has 0 spiro atoms. The number of amides is 1. The minimum atomic E-state index is 0.0669. The van der Waals surface area contributed by atoms with E-state index >= 15 is 0 Å². The molecular weight excluding hydrogens is 336 g/mol. The van der Waals surface area contributed by atoms with Gasteiger partial charge in [0.25, 0.3) is 0 Å². The Kier molecular flexibility index (Phi) is 4.34. The van der Waals surface area contributed by atoms with Crippen LogP contribution in [-0.2, 0) is 4.79 Å². The summed E-state index contributed by atoms with van der Waals surface area (Å²) in [6.07, 6.45) is 1.54. The molecular formula is C17H16N6OS. The van der Waals surface area contributed by atoms with E-state index < -0.39 is 0 Å². The lowest BCUT2D eigenvalue weighted by Gasteiger charge is -2.29. The molecule has 0 aliphatic carbocycles. The van der Waals surface area contributed by atoms with Crippen LogP contribution in [0.1, 0.15) is 0 Å². The Labute approximate surface area is 149 Å². The van der Waals surface area contributed by atoms with Crippen LogP contribution in [0.4, 0.5) is 11.4 Å². The van der Waals surface area contributed by atoms with Crippen LogP contribution in [-0.4, -0.2) is 45.0 Å². The summed E-state index contributed by atoms with van der Waals surface area (Å²) in [6, 6.07) is 15.6. The van der Waals surface area contributed by atoms with Gasteiger partial charge in [0.05, 0.1) is 17.9 Å². The van der Waals surface area contributed by atoms with Crippen LogP contribution in [0, 0.1) is 0 Å². The van der Waals surface area contributed by atoms with Crippen LogP contribution in [0.3, 0.4) is 0 Å². The average molecular weight is 352 g/mol. The summed E-state index contributed by atoms with van der Waals surface area (Å²) in [7, 11) is 0. The summed E-state index contributed by atoms with van der Waals surface area (Å²) in [5, 5.41) is 14.3. The number of rotatable bonds is 4. The van der Waals surface area contributed by atoms with Crippen LogP contribution in [0.15, 0.2) is 59.8 Å². The number of carbonyl (C=O) groups is 1. The highest BCUT2D eigenvalue weighted by Gasteiger charge is 2.22. The molecule has 0 atom stereocenters. The molecule has 4 rings (SSSR count). The summed E-state index contributed by atoms with van der Waals surface area (Å²) in [5.41, 5.74) is 2.74. The number of tetrazole rings is 1. The third-order valence-electron chi connectivity index (χ3n) is 3.95. The lowest BCUT2D eigenvalue weighted by Crippen LogP contribution is -2.39. The smallest absolute Gasteiger partial charge is 0.246 e. The van der Waals surface area contributed by atoms with Gasteiger partial charge in [-0.25, -0.2) is 4.68 Å². The van der Waals surface area contributed by atoms with Crippen molar-refractivity contribution in [2.75, 3.05) is 29.1 Å². The minimum absolute atomic E-state index is 0.0669. The first-order chi connectivity index (χ1) is 12.3. The van der Waals surface area contributed by atoms with Crippen molar-refractivity contribution >= 4 is 29.0 Å². The second-order valence-corrected chi connectivity index (χ2v) is 6.65. The normalized spacial score (nSPS) is 13.4. The van der Waals surface area contributed by atoms with Gasteiger partial charge < -0.3 is 10.2 Å². The van der Waals surface area contributed by atoms with Gasteiger partial charge in [0.15, 0.2) is 0 Å². The Hall–Kier alpha value is -2.87. The number of nitrogens with one attached hydrogen (secondary N) is 1. The predicted octanol–water partition coefficient (Wildman–Crippen LogP) is 2.21. The summed E-state index contributed by atoms with van der Waals surface area (Å²) in [5.74, 6) is 0.987. The quantitative estimate of drug-likeness (QED) is 0.776. The van der Waals surface area contributed by atoms with Crippen molar-refractivity contribution in [1.29, 1.82) is 0 Å². The molecule has 1 amide bonds.